The predicted molar refractivity (Wildman–Crippen MR) is 74.3 cm³/mol. The first-order valence-electron chi connectivity index (χ1n) is 6.64. The number of hydrogen-bond donors (Lipinski definition) is 1. The number of nitrogens with zero attached hydrogens (tertiary/aromatic N) is 1. The molecular weight excluding hydrogens is 224 g/mol. The van der Waals surface area contributed by atoms with Crippen LogP contribution in [0.3, 0.4) is 0 Å². The molecule has 1 aromatic heterocycles. The van der Waals surface area contributed by atoms with E-state index in [2.05, 4.69) is 41.3 Å². The Kier molecular flexibility index (Phi) is 3.00. The van der Waals surface area contributed by atoms with Crippen molar-refractivity contribution >= 4 is 10.9 Å². The number of aromatic nitrogens is 1. The van der Waals surface area contributed by atoms with Gasteiger partial charge in [-0.05, 0) is 43.0 Å². The lowest BCUT2D eigenvalue weighted by atomic mass is 9.89. The van der Waals surface area contributed by atoms with Crippen molar-refractivity contribution in [3.8, 4) is 5.75 Å². The molecule has 1 aliphatic heterocycles. The van der Waals surface area contributed by atoms with Gasteiger partial charge in [0.25, 0.3) is 0 Å². The summed E-state index contributed by atoms with van der Waals surface area (Å²) in [6.45, 7) is 2.25. The Morgan fingerprint density at radius 2 is 2.22 bits per heavy atom. The minimum absolute atomic E-state index is 0.634. The number of nitrogens with one attached hydrogen (secondary N) is 1. The molecule has 18 heavy (non-hydrogen) atoms. The van der Waals surface area contributed by atoms with E-state index in [9.17, 15) is 0 Å². The lowest BCUT2D eigenvalue weighted by Gasteiger charge is -2.24. The van der Waals surface area contributed by atoms with E-state index in [0.29, 0.717) is 5.92 Å². The standard InChI is InChI=1S/C15H20N2O/c1-17-9-7-13-12(11-4-3-8-16-10-11)5-6-14(18-2)15(13)17/h5-7,9,11,16H,3-4,8,10H2,1-2H3. The van der Waals surface area contributed by atoms with Gasteiger partial charge in [-0.25, -0.2) is 0 Å². The van der Waals surface area contributed by atoms with Crippen molar-refractivity contribution in [3.63, 3.8) is 0 Å². The van der Waals surface area contributed by atoms with Crippen molar-refractivity contribution in [2.75, 3.05) is 20.2 Å². The minimum Gasteiger partial charge on any atom is -0.495 e. The van der Waals surface area contributed by atoms with Gasteiger partial charge in [-0.1, -0.05) is 6.07 Å². The van der Waals surface area contributed by atoms with Gasteiger partial charge in [0, 0.05) is 25.2 Å². The van der Waals surface area contributed by atoms with Gasteiger partial charge in [-0.3, -0.25) is 0 Å². The Bertz CT molecular complexity index is 553. The zero-order valence-corrected chi connectivity index (χ0v) is 11.1. The highest BCUT2D eigenvalue weighted by atomic mass is 16.5. The second-order valence-corrected chi connectivity index (χ2v) is 5.09. The predicted octanol–water partition coefficient (Wildman–Crippen LogP) is 2.65. The van der Waals surface area contributed by atoms with Gasteiger partial charge in [0.2, 0.25) is 0 Å². The van der Waals surface area contributed by atoms with Crippen LogP contribution in [0.15, 0.2) is 24.4 Å². The third-order valence-corrected chi connectivity index (χ3v) is 3.99. The first kappa shape index (κ1) is 11.6. The van der Waals surface area contributed by atoms with E-state index in [-0.39, 0.29) is 0 Å². The van der Waals surface area contributed by atoms with Gasteiger partial charge in [0.05, 0.1) is 12.6 Å². The molecule has 1 aliphatic rings. The lowest BCUT2D eigenvalue weighted by molar-refractivity contribution is 0.417. The van der Waals surface area contributed by atoms with Crippen molar-refractivity contribution in [2.24, 2.45) is 7.05 Å². The van der Waals surface area contributed by atoms with E-state index in [4.69, 9.17) is 4.74 Å². The summed E-state index contributed by atoms with van der Waals surface area (Å²) in [5.41, 5.74) is 2.67. The van der Waals surface area contributed by atoms with Crippen LogP contribution in [0.5, 0.6) is 5.75 Å². The average molecular weight is 244 g/mol. The van der Waals surface area contributed by atoms with Gasteiger partial charge >= 0.3 is 0 Å². The van der Waals surface area contributed by atoms with Crippen molar-refractivity contribution < 1.29 is 4.74 Å². The van der Waals surface area contributed by atoms with Crippen LogP contribution in [0.4, 0.5) is 0 Å². The Hall–Kier alpha value is -1.48. The van der Waals surface area contributed by atoms with Gasteiger partial charge in [0.15, 0.2) is 0 Å². The number of benzene rings is 1. The number of piperidine rings is 1. The van der Waals surface area contributed by atoms with Crippen LogP contribution in [0.1, 0.15) is 24.3 Å². The molecule has 0 saturated carbocycles. The van der Waals surface area contributed by atoms with Gasteiger partial charge in [-0.2, -0.15) is 0 Å². The summed E-state index contributed by atoms with van der Waals surface area (Å²) in [5.74, 6) is 1.60. The van der Waals surface area contributed by atoms with Crippen molar-refractivity contribution in [3.05, 3.63) is 30.0 Å². The number of fused-ring (bicyclic) bond motifs is 1. The Morgan fingerprint density at radius 3 is 2.94 bits per heavy atom. The van der Waals surface area contributed by atoms with Gasteiger partial charge in [-0.15, -0.1) is 0 Å². The Balaban J connectivity index is 2.12. The van der Waals surface area contributed by atoms with Crippen LogP contribution in [0, 0.1) is 0 Å². The second-order valence-electron chi connectivity index (χ2n) is 5.09. The van der Waals surface area contributed by atoms with E-state index in [1.165, 1.54) is 29.3 Å². The van der Waals surface area contributed by atoms with Crippen LogP contribution in [0.2, 0.25) is 0 Å². The number of methoxy groups -OCH3 is 1. The summed E-state index contributed by atoms with van der Waals surface area (Å²) in [4.78, 5) is 0. The Morgan fingerprint density at radius 1 is 1.33 bits per heavy atom. The number of aryl methyl sites for hydroxylation is 1. The van der Waals surface area contributed by atoms with Crippen LogP contribution in [-0.2, 0) is 7.05 Å². The monoisotopic (exact) mass is 244 g/mol. The van der Waals surface area contributed by atoms with Crippen molar-refractivity contribution in [2.45, 2.75) is 18.8 Å². The fourth-order valence-electron chi connectivity index (χ4n) is 3.04. The molecule has 0 aliphatic carbocycles. The van der Waals surface area contributed by atoms with Crippen LogP contribution in [0.25, 0.3) is 10.9 Å². The van der Waals surface area contributed by atoms with Crippen molar-refractivity contribution in [1.82, 2.24) is 9.88 Å². The smallest absolute Gasteiger partial charge is 0.143 e. The molecule has 1 N–H and O–H groups in total. The highest BCUT2D eigenvalue weighted by Crippen LogP contribution is 2.35. The molecule has 0 amide bonds. The lowest BCUT2D eigenvalue weighted by Crippen LogP contribution is -2.28. The van der Waals surface area contributed by atoms with E-state index >= 15 is 0 Å². The molecule has 1 atom stereocenters. The van der Waals surface area contributed by atoms with Crippen LogP contribution >= 0.6 is 0 Å². The van der Waals surface area contributed by atoms with E-state index in [1.54, 1.807) is 7.11 Å². The average Bonchev–Trinajstić information content (AvgIpc) is 2.81. The highest BCUT2D eigenvalue weighted by molar-refractivity contribution is 5.89. The molecule has 3 rings (SSSR count). The third-order valence-electron chi connectivity index (χ3n) is 3.99. The van der Waals surface area contributed by atoms with Gasteiger partial charge in [0.1, 0.15) is 5.75 Å². The number of hydrogen-bond acceptors (Lipinski definition) is 2. The normalized spacial score (nSPS) is 20.2. The van der Waals surface area contributed by atoms with Crippen LogP contribution < -0.4 is 10.1 Å². The molecule has 1 unspecified atom stereocenters. The molecule has 1 fully saturated rings. The summed E-state index contributed by atoms with van der Waals surface area (Å²) in [5, 5.41) is 4.83. The molecule has 0 spiro atoms. The quantitative estimate of drug-likeness (QED) is 0.879. The first-order chi connectivity index (χ1) is 8.81. The molecule has 96 valence electrons. The summed E-state index contributed by atoms with van der Waals surface area (Å²) in [6.07, 6.45) is 4.67. The van der Waals surface area contributed by atoms with Crippen LogP contribution in [-0.4, -0.2) is 24.8 Å². The SMILES string of the molecule is COc1ccc(C2CCCNC2)c2ccn(C)c12. The van der Waals surface area contributed by atoms with E-state index in [1.807, 2.05) is 0 Å². The fraction of sp³-hybridized carbons (Fsp3) is 0.467. The summed E-state index contributed by atoms with van der Waals surface area (Å²) < 4.78 is 7.62. The second kappa shape index (κ2) is 4.65. The van der Waals surface area contributed by atoms with Crippen molar-refractivity contribution in [1.29, 1.82) is 0 Å². The molecule has 0 bridgehead atoms. The molecule has 1 aromatic carbocycles. The molecular formula is C15H20N2O. The Labute approximate surface area is 108 Å². The molecule has 3 nitrogen and oxygen atoms in total. The topological polar surface area (TPSA) is 26.2 Å². The molecule has 3 heteroatoms. The molecule has 1 saturated heterocycles. The fourth-order valence-corrected chi connectivity index (χ4v) is 3.04. The first-order valence-corrected chi connectivity index (χ1v) is 6.64. The van der Waals surface area contributed by atoms with E-state index in [0.717, 1.165) is 18.8 Å². The highest BCUT2D eigenvalue weighted by Gasteiger charge is 2.19. The van der Waals surface area contributed by atoms with E-state index < -0.39 is 0 Å². The molecule has 0 radical (unpaired) electrons. The maximum atomic E-state index is 5.47. The zero-order valence-electron chi connectivity index (χ0n) is 11.1. The summed E-state index contributed by atoms with van der Waals surface area (Å²) in [6, 6.07) is 6.55. The zero-order chi connectivity index (χ0) is 12.5. The molecule has 2 heterocycles. The number of ether oxygens (including phenoxy) is 1. The summed E-state index contributed by atoms with van der Waals surface area (Å²) >= 11 is 0. The maximum Gasteiger partial charge on any atom is 0.143 e. The minimum atomic E-state index is 0.634. The third kappa shape index (κ3) is 1.79. The largest absolute Gasteiger partial charge is 0.495 e. The number of rotatable bonds is 2. The maximum absolute atomic E-state index is 5.47. The summed E-state index contributed by atoms with van der Waals surface area (Å²) in [7, 11) is 3.82. The van der Waals surface area contributed by atoms with Gasteiger partial charge < -0.3 is 14.6 Å². The molecule has 2 aromatic rings.